The van der Waals surface area contributed by atoms with E-state index in [0.29, 0.717) is 17.1 Å². The van der Waals surface area contributed by atoms with Crippen LogP contribution in [0.25, 0.3) is 5.57 Å². The predicted octanol–water partition coefficient (Wildman–Crippen LogP) is 3.72. The Hall–Kier alpha value is -2.45. The molecule has 1 heterocycles. The Kier molecular flexibility index (Phi) is 3.78. The van der Waals surface area contributed by atoms with Crippen LogP contribution in [0.3, 0.4) is 0 Å². The van der Waals surface area contributed by atoms with Gasteiger partial charge in [0, 0.05) is 23.0 Å². The molecule has 5 heteroatoms. The van der Waals surface area contributed by atoms with E-state index in [9.17, 15) is 0 Å². The van der Waals surface area contributed by atoms with Gasteiger partial charge in [-0.1, -0.05) is 18.2 Å². The minimum atomic E-state index is 0.287. The van der Waals surface area contributed by atoms with Crippen LogP contribution in [-0.2, 0) is 0 Å². The molecule has 0 bridgehead atoms. The number of allylic oxidation sites excluding steroid dienone is 4. The maximum atomic E-state index is 5.94. The van der Waals surface area contributed by atoms with Crippen molar-refractivity contribution in [3.05, 3.63) is 59.4 Å². The van der Waals surface area contributed by atoms with Crippen molar-refractivity contribution in [2.75, 3.05) is 22.9 Å². The third kappa shape index (κ3) is 3.07. The summed E-state index contributed by atoms with van der Waals surface area (Å²) in [6, 6.07) is 9.51. The average molecular weight is 310 g/mol. The van der Waals surface area contributed by atoms with Crippen LogP contribution in [0.15, 0.2) is 48.6 Å². The van der Waals surface area contributed by atoms with Crippen LogP contribution in [0.5, 0.6) is 0 Å². The number of nitrogen functional groups attached to an aromatic ring is 4. The molecule has 1 unspecified atom stereocenters. The molecule has 4 nitrogen and oxygen atoms in total. The van der Waals surface area contributed by atoms with Crippen molar-refractivity contribution in [2.24, 2.45) is 0 Å². The molecule has 112 valence electrons. The van der Waals surface area contributed by atoms with Crippen molar-refractivity contribution in [3.63, 3.8) is 0 Å². The van der Waals surface area contributed by atoms with Crippen molar-refractivity contribution < 1.29 is 0 Å². The zero-order chi connectivity index (χ0) is 15.7. The SMILES string of the molecule is Nc1cc(N)cc(C2=CC=CC(c3cc(N)cc(N)p3)C2)c1. The molecule has 8 N–H and O–H groups in total. The van der Waals surface area contributed by atoms with Crippen molar-refractivity contribution in [2.45, 2.75) is 12.3 Å². The molecule has 1 aromatic carbocycles. The van der Waals surface area contributed by atoms with Gasteiger partial charge in [0.15, 0.2) is 0 Å². The Morgan fingerprint density at radius 1 is 0.864 bits per heavy atom. The Bertz CT molecular complexity index is 740. The summed E-state index contributed by atoms with van der Waals surface area (Å²) in [5.41, 5.74) is 28.8. The summed E-state index contributed by atoms with van der Waals surface area (Å²) in [6.45, 7) is 0. The molecule has 0 aliphatic heterocycles. The van der Waals surface area contributed by atoms with Gasteiger partial charge in [-0.15, -0.1) is 0 Å². The summed E-state index contributed by atoms with van der Waals surface area (Å²) in [6.07, 6.45) is 7.25. The summed E-state index contributed by atoms with van der Waals surface area (Å²) in [7, 11) is 1.03. The first-order valence-corrected chi connectivity index (χ1v) is 7.97. The van der Waals surface area contributed by atoms with E-state index in [1.807, 2.05) is 24.3 Å². The second kappa shape index (κ2) is 5.74. The standard InChI is InChI=1S/C17H19N4P/c18-13-5-12(6-14(19)7-13)10-2-1-3-11(4-10)16-8-15(20)9-17(21)22-16/h1-3,5-9,11H,4,18-21H2. The zero-order valence-corrected chi connectivity index (χ0v) is 13.1. The van der Waals surface area contributed by atoms with Gasteiger partial charge in [0.05, 0.1) is 5.42 Å². The van der Waals surface area contributed by atoms with E-state index in [2.05, 4.69) is 18.2 Å². The van der Waals surface area contributed by atoms with Crippen molar-refractivity contribution >= 4 is 36.2 Å². The molecule has 0 amide bonds. The summed E-state index contributed by atoms with van der Waals surface area (Å²) in [5, 5.41) is 1.22. The van der Waals surface area contributed by atoms with E-state index in [-0.39, 0.29) is 5.92 Å². The van der Waals surface area contributed by atoms with E-state index in [1.54, 1.807) is 6.07 Å². The van der Waals surface area contributed by atoms with Gasteiger partial charge in [-0.05, 0) is 61.4 Å². The highest BCUT2D eigenvalue weighted by molar-refractivity contribution is 7.35. The molecule has 3 rings (SSSR count). The zero-order valence-electron chi connectivity index (χ0n) is 12.2. The second-order valence-corrected chi connectivity index (χ2v) is 6.78. The lowest BCUT2D eigenvalue weighted by atomic mass is 9.88. The highest BCUT2D eigenvalue weighted by atomic mass is 31.0. The predicted molar refractivity (Wildman–Crippen MR) is 97.5 cm³/mol. The summed E-state index contributed by atoms with van der Waals surface area (Å²) in [5.74, 6) is 0.287. The first kappa shape index (κ1) is 14.5. The van der Waals surface area contributed by atoms with Crippen LogP contribution in [0.4, 0.5) is 22.5 Å². The molecular weight excluding hydrogens is 291 g/mol. The van der Waals surface area contributed by atoms with Gasteiger partial charge < -0.3 is 22.9 Å². The molecule has 22 heavy (non-hydrogen) atoms. The minimum Gasteiger partial charge on any atom is -0.399 e. The molecular formula is C17H19N4P. The van der Waals surface area contributed by atoms with Crippen LogP contribution in [0.2, 0.25) is 0 Å². The molecule has 1 aromatic heterocycles. The molecule has 1 aliphatic carbocycles. The molecule has 1 aliphatic rings. The summed E-state index contributed by atoms with van der Waals surface area (Å²) < 4.78 is 0. The molecule has 0 fully saturated rings. The number of rotatable bonds is 2. The third-order valence-corrected chi connectivity index (χ3v) is 4.80. The fourth-order valence-corrected chi connectivity index (χ4v) is 3.81. The van der Waals surface area contributed by atoms with E-state index in [1.165, 1.54) is 10.9 Å². The fourth-order valence-electron chi connectivity index (χ4n) is 2.74. The Balaban J connectivity index is 1.91. The Morgan fingerprint density at radius 3 is 2.23 bits per heavy atom. The lowest BCUT2D eigenvalue weighted by Gasteiger charge is -2.20. The van der Waals surface area contributed by atoms with Crippen LogP contribution in [-0.4, -0.2) is 0 Å². The van der Waals surface area contributed by atoms with Gasteiger partial charge in [0.25, 0.3) is 0 Å². The van der Waals surface area contributed by atoms with Crippen LogP contribution >= 0.6 is 8.19 Å². The number of nitrogens with two attached hydrogens (primary N) is 4. The highest BCUT2D eigenvalue weighted by Crippen LogP contribution is 2.40. The van der Waals surface area contributed by atoms with E-state index < -0.39 is 0 Å². The smallest absolute Gasteiger partial charge is 0.0614 e. The van der Waals surface area contributed by atoms with Crippen molar-refractivity contribution in [3.8, 4) is 0 Å². The molecule has 0 spiro atoms. The molecule has 0 saturated carbocycles. The maximum absolute atomic E-state index is 5.94. The van der Waals surface area contributed by atoms with Crippen molar-refractivity contribution in [1.29, 1.82) is 0 Å². The summed E-state index contributed by atoms with van der Waals surface area (Å²) in [4.78, 5) is 0. The first-order chi connectivity index (χ1) is 10.5. The van der Waals surface area contributed by atoms with Crippen LogP contribution < -0.4 is 22.9 Å². The number of anilines is 4. The lowest BCUT2D eigenvalue weighted by Crippen LogP contribution is -2.02. The minimum absolute atomic E-state index is 0.287. The van der Waals surface area contributed by atoms with Gasteiger partial charge in [-0.2, -0.15) is 0 Å². The van der Waals surface area contributed by atoms with E-state index >= 15 is 0 Å². The van der Waals surface area contributed by atoms with Gasteiger partial charge in [0.2, 0.25) is 0 Å². The number of benzene rings is 1. The molecule has 2 aromatic rings. The Morgan fingerprint density at radius 2 is 1.55 bits per heavy atom. The van der Waals surface area contributed by atoms with Crippen LogP contribution in [0.1, 0.15) is 23.2 Å². The monoisotopic (exact) mass is 310 g/mol. The van der Waals surface area contributed by atoms with Crippen LogP contribution in [0, 0.1) is 0 Å². The quantitative estimate of drug-likeness (QED) is 0.634. The van der Waals surface area contributed by atoms with Gasteiger partial charge in [-0.3, -0.25) is 0 Å². The maximum Gasteiger partial charge on any atom is 0.0614 e. The fraction of sp³-hybridized carbons (Fsp3) is 0.118. The highest BCUT2D eigenvalue weighted by Gasteiger charge is 2.16. The average Bonchev–Trinajstić information content (AvgIpc) is 2.45. The third-order valence-electron chi connectivity index (χ3n) is 3.70. The number of hydrogen-bond donors (Lipinski definition) is 4. The Labute approximate surface area is 131 Å². The van der Waals surface area contributed by atoms with E-state index in [4.69, 9.17) is 22.9 Å². The second-order valence-electron chi connectivity index (χ2n) is 5.53. The molecule has 0 saturated heterocycles. The number of hydrogen-bond acceptors (Lipinski definition) is 4. The van der Waals surface area contributed by atoms with Gasteiger partial charge in [-0.25, -0.2) is 0 Å². The normalized spacial score (nSPS) is 17.6. The first-order valence-electron chi connectivity index (χ1n) is 7.08. The molecule has 1 atom stereocenters. The topological polar surface area (TPSA) is 104 Å². The van der Waals surface area contributed by atoms with E-state index in [0.717, 1.165) is 25.6 Å². The van der Waals surface area contributed by atoms with Crippen molar-refractivity contribution in [1.82, 2.24) is 0 Å². The largest absolute Gasteiger partial charge is 0.399 e. The van der Waals surface area contributed by atoms with Gasteiger partial charge >= 0.3 is 0 Å². The lowest BCUT2D eigenvalue weighted by molar-refractivity contribution is 0.887. The summed E-state index contributed by atoms with van der Waals surface area (Å²) >= 11 is 0. The molecule has 0 radical (unpaired) electrons. The van der Waals surface area contributed by atoms with Gasteiger partial charge in [0.1, 0.15) is 0 Å².